The molecule has 20 heavy (non-hydrogen) atoms. The van der Waals surface area contributed by atoms with Crippen molar-refractivity contribution in [3.63, 3.8) is 0 Å². The van der Waals surface area contributed by atoms with Gasteiger partial charge < -0.3 is 4.74 Å². The second kappa shape index (κ2) is 7.75. The molecule has 2 aromatic rings. The molecule has 0 aromatic heterocycles. The van der Waals surface area contributed by atoms with Gasteiger partial charge in [0.1, 0.15) is 12.4 Å². The summed E-state index contributed by atoms with van der Waals surface area (Å²) >= 11 is 6.13. The maximum atomic E-state index is 8.74. The standard InChI is InChI=1S/C14H13ClN2O2.ClH/c15-13-11(14(16)17-18)7-4-8-12(13)19-9-10-5-2-1-3-6-10;/h1-8,18H,9H2,(H2,16,17);1H. The third-order valence-electron chi connectivity index (χ3n) is 2.58. The van der Waals surface area contributed by atoms with E-state index in [2.05, 4.69) is 0 Å². The van der Waals surface area contributed by atoms with Gasteiger partial charge in [0.2, 0.25) is 0 Å². The van der Waals surface area contributed by atoms with Crippen LogP contribution in [0.15, 0.2) is 48.5 Å². The van der Waals surface area contributed by atoms with Crippen LogP contribution in [0.3, 0.4) is 0 Å². The lowest BCUT2D eigenvalue weighted by molar-refractivity contribution is 0.234. The highest BCUT2D eigenvalue weighted by Gasteiger charge is 2.10. The second-order valence-corrected chi connectivity index (χ2v) is 4.26. The van der Waals surface area contributed by atoms with Crippen molar-refractivity contribution < 1.29 is 9.94 Å². The molecule has 0 unspecified atom stereocenters. The molecule has 0 saturated carbocycles. The van der Waals surface area contributed by atoms with Crippen LogP contribution in [0, 0.1) is 5.41 Å². The SMILES string of the molecule is Cl.N=C(NO)c1cccc(OCc2ccccc2)c1Cl. The number of ether oxygens (including phenoxy) is 1. The van der Waals surface area contributed by atoms with Gasteiger partial charge in [0, 0.05) is 5.56 Å². The predicted molar refractivity (Wildman–Crippen MR) is 81.2 cm³/mol. The van der Waals surface area contributed by atoms with E-state index in [1.165, 1.54) is 0 Å². The molecule has 0 aliphatic carbocycles. The lowest BCUT2D eigenvalue weighted by atomic mass is 10.2. The van der Waals surface area contributed by atoms with E-state index in [0.717, 1.165) is 5.56 Å². The molecule has 6 heteroatoms. The van der Waals surface area contributed by atoms with Gasteiger partial charge in [-0.3, -0.25) is 16.1 Å². The zero-order valence-corrected chi connectivity index (χ0v) is 12.0. The van der Waals surface area contributed by atoms with Crippen molar-refractivity contribution >= 4 is 29.8 Å². The van der Waals surface area contributed by atoms with E-state index in [4.69, 9.17) is 27.0 Å². The fourth-order valence-electron chi connectivity index (χ4n) is 1.61. The number of hydroxylamine groups is 1. The Hall–Kier alpha value is -1.75. The minimum atomic E-state index is -0.171. The Morgan fingerprint density at radius 1 is 1.15 bits per heavy atom. The molecule has 0 atom stereocenters. The van der Waals surface area contributed by atoms with Crippen molar-refractivity contribution in [2.24, 2.45) is 0 Å². The van der Waals surface area contributed by atoms with E-state index in [1.807, 2.05) is 30.3 Å². The Labute approximate surface area is 128 Å². The maximum absolute atomic E-state index is 8.74. The molecule has 3 N–H and O–H groups in total. The molecule has 0 spiro atoms. The van der Waals surface area contributed by atoms with E-state index in [9.17, 15) is 0 Å². The fraction of sp³-hybridized carbons (Fsp3) is 0.0714. The third kappa shape index (κ3) is 3.87. The number of nitrogens with one attached hydrogen (secondary N) is 2. The quantitative estimate of drug-likeness (QED) is 0.459. The summed E-state index contributed by atoms with van der Waals surface area (Å²) in [5, 5.41) is 16.5. The lowest BCUT2D eigenvalue weighted by Crippen LogP contribution is -2.19. The van der Waals surface area contributed by atoms with Gasteiger partial charge in [-0.25, -0.2) is 0 Å². The van der Waals surface area contributed by atoms with Crippen LogP contribution in [-0.2, 0) is 6.61 Å². The molecule has 0 radical (unpaired) electrons. The molecule has 2 rings (SSSR count). The minimum absolute atomic E-state index is 0. The lowest BCUT2D eigenvalue weighted by Gasteiger charge is -2.11. The summed E-state index contributed by atoms with van der Waals surface area (Å²) in [6, 6.07) is 14.8. The summed E-state index contributed by atoms with van der Waals surface area (Å²) in [5.74, 6) is 0.304. The Bertz CT molecular complexity index is 577. The summed E-state index contributed by atoms with van der Waals surface area (Å²) in [7, 11) is 0. The Kier molecular flexibility index (Phi) is 6.31. The van der Waals surface area contributed by atoms with Gasteiger partial charge in [-0.1, -0.05) is 48.0 Å². The number of hydrogen-bond acceptors (Lipinski definition) is 3. The number of hydrogen-bond donors (Lipinski definition) is 3. The first-order valence-electron chi connectivity index (χ1n) is 5.66. The van der Waals surface area contributed by atoms with E-state index < -0.39 is 0 Å². The monoisotopic (exact) mass is 312 g/mol. The van der Waals surface area contributed by atoms with Gasteiger partial charge in [0.25, 0.3) is 0 Å². The first kappa shape index (κ1) is 16.3. The summed E-state index contributed by atoms with van der Waals surface area (Å²) in [4.78, 5) is 0. The first-order chi connectivity index (χ1) is 9.22. The van der Waals surface area contributed by atoms with Gasteiger partial charge in [-0.2, -0.15) is 0 Å². The van der Waals surface area contributed by atoms with E-state index in [0.29, 0.717) is 22.9 Å². The van der Waals surface area contributed by atoms with Gasteiger partial charge in [0.05, 0.1) is 5.02 Å². The zero-order valence-electron chi connectivity index (χ0n) is 10.5. The van der Waals surface area contributed by atoms with Crippen LogP contribution in [0.2, 0.25) is 5.02 Å². The smallest absolute Gasteiger partial charge is 0.151 e. The summed E-state index contributed by atoms with van der Waals surface area (Å²) in [6.07, 6.45) is 0. The Morgan fingerprint density at radius 3 is 2.50 bits per heavy atom. The summed E-state index contributed by atoms with van der Waals surface area (Å²) in [5.41, 5.74) is 3.18. The fourth-order valence-corrected chi connectivity index (χ4v) is 1.89. The van der Waals surface area contributed by atoms with Crippen LogP contribution in [-0.4, -0.2) is 11.0 Å². The van der Waals surface area contributed by atoms with E-state index >= 15 is 0 Å². The molecule has 0 bridgehead atoms. The van der Waals surface area contributed by atoms with Crippen LogP contribution in [0.1, 0.15) is 11.1 Å². The largest absolute Gasteiger partial charge is 0.487 e. The highest BCUT2D eigenvalue weighted by molar-refractivity contribution is 6.35. The Balaban J connectivity index is 0.00000200. The van der Waals surface area contributed by atoms with Gasteiger partial charge in [-0.05, 0) is 17.7 Å². The zero-order chi connectivity index (χ0) is 13.7. The predicted octanol–water partition coefficient (Wildman–Crippen LogP) is 3.64. The average molecular weight is 313 g/mol. The number of rotatable bonds is 4. The summed E-state index contributed by atoms with van der Waals surface area (Å²) < 4.78 is 5.62. The maximum Gasteiger partial charge on any atom is 0.151 e. The van der Waals surface area contributed by atoms with Crippen molar-refractivity contribution in [1.29, 1.82) is 5.41 Å². The van der Waals surface area contributed by atoms with Crippen molar-refractivity contribution in [1.82, 2.24) is 5.48 Å². The molecule has 0 aliphatic heterocycles. The Morgan fingerprint density at radius 2 is 1.85 bits per heavy atom. The molecular formula is C14H14Cl2N2O2. The molecule has 0 aliphatic rings. The third-order valence-corrected chi connectivity index (χ3v) is 2.97. The molecule has 0 heterocycles. The molecule has 2 aromatic carbocycles. The average Bonchev–Trinajstić information content (AvgIpc) is 2.46. The van der Waals surface area contributed by atoms with Crippen LogP contribution in [0.4, 0.5) is 0 Å². The molecule has 4 nitrogen and oxygen atoms in total. The number of benzene rings is 2. The van der Waals surface area contributed by atoms with Crippen molar-refractivity contribution in [3.05, 3.63) is 64.7 Å². The molecular weight excluding hydrogens is 299 g/mol. The van der Waals surface area contributed by atoms with Gasteiger partial charge in [0.15, 0.2) is 5.84 Å². The van der Waals surface area contributed by atoms with Crippen molar-refractivity contribution in [3.8, 4) is 5.75 Å². The van der Waals surface area contributed by atoms with Gasteiger partial charge in [-0.15, -0.1) is 12.4 Å². The molecule has 0 saturated heterocycles. The first-order valence-corrected chi connectivity index (χ1v) is 6.04. The highest BCUT2D eigenvalue weighted by atomic mass is 35.5. The minimum Gasteiger partial charge on any atom is -0.487 e. The topological polar surface area (TPSA) is 65.3 Å². The van der Waals surface area contributed by atoms with Crippen LogP contribution in [0.5, 0.6) is 5.75 Å². The molecule has 106 valence electrons. The van der Waals surface area contributed by atoms with Gasteiger partial charge >= 0.3 is 0 Å². The number of halogens is 2. The molecule has 0 amide bonds. The second-order valence-electron chi connectivity index (χ2n) is 3.88. The van der Waals surface area contributed by atoms with E-state index in [-0.39, 0.29) is 18.2 Å². The van der Waals surface area contributed by atoms with Crippen molar-refractivity contribution in [2.45, 2.75) is 6.61 Å². The normalized spacial score (nSPS) is 9.50. The van der Waals surface area contributed by atoms with Crippen LogP contribution in [0.25, 0.3) is 0 Å². The van der Waals surface area contributed by atoms with Crippen LogP contribution >= 0.6 is 24.0 Å². The van der Waals surface area contributed by atoms with Crippen molar-refractivity contribution in [2.75, 3.05) is 0 Å². The molecule has 0 fully saturated rings. The van der Waals surface area contributed by atoms with Crippen LogP contribution < -0.4 is 10.2 Å². The van der Waals surface area contributed by atoms with E-state index in [1.54, 1.807) is 23.7 Å². The highest BCUT2D eigenvalue weighted by Crippen LogP contribution is 2.28. The number of amidine groups is 1. The summed E-state index contributed by atoms with van der Waals surface area (Å²) in [6.45, 7) is 0.393.